The number of phenols is 1. The van der Waals surface area contributed by atoms with Crippen LogP contribution in [-0.2, 0) is 0 Å². The van der Waals surface area contributed by atoms with E-state index in [2.05, 4.69) is 25.2 Å². The molecule has 1 saturated carbocycles. The van der Waals surface area contributed by atoms with Gasteiger partial charge in [0.25, 0.3) is 0 Å². The van der Waals surface area contributed by atoms with Crippen LogP contribution in [-0.4, -0.2) is 11.1 Å². The predicted octanol–water partition coefficient (Wildman–Crippen LogP) is 4.32. The van der Waals surface area contributed by atoms with Crippen molar-refractivity contribution in [3.05, 3.63) is 29.3 Å². The van der Waals surface area contributed by atoms with Crippen LogP contribution in [0, 0.1) is 12.8 Å². The molecule has 106 valence electrons. The highest BCUT2D eigenvalue weighted by Crippen LogP contribution is 2.29. The Hall–Kier alpha value is -1.02. The molecule has 0 spiro atoms. The van der Waals surface area contributed by atoms with Gasteiger partial charge in [-0.1, -0.05) is 31.4 Å². The number of hydrogen-bond acceptors (Lipinski definition) is 2. The average molecular weight is 261 g/mol. The highest BCUT2D eigenvalue weighted by atomic mass is 16.3. The maximum absolute atomic E-state index is 10.0. The van der Waals surface area contributed by atoms with Crippen molar-refractivity contribution < 1.29 is 5.11 Å². The summed E-state index contributed by atoms with van der Waals surface area (Å²) in [5, 5.41) is 13.7. The fraction of sp³-hybridized carbons (Fsp3) is 0.647. The van der Waals surface area contributed by atoms with Gasteiger partial charge in [0.1, 0.15) is 5.75 Å². The van der Waals surface area contributed by atoms with Gasteiger partial charge < -0.3 is 10.4 Å². The van der Waals surface area contributed by atoms with E-state index < -0.39 is 0 Å². The second-order valence-corrected chi connectivity index (χ2v) is 6.14. The molecule has 1 unspecified atom stereocenters. The number of aryl methyl sites for hydroxylation is 1. The number of hydrogen-bond donors (Lipinski definition) is 2. The van der Waals surface area contributed by atoms with Crippen molar-refractivity contribution in [3.63, 3.8) is 0 Å². The number of phenolic OH excluding ortho intramolecular Hbond substituents is 1. The van der Waals surface area contributed by atoms with Gasteiger partial charge in [0.2, 0.25) is 0 Å². The lowest BCUT2D eigenvalue weighted by Gasteiger charge is -2.31. The molecule has 1 aliphatic carbocycles. The van der Waals surface area contributed by atoms with E-state index in [4.69, 9.17) is 0 Å². The molecule has 19 heavy (non-hydrogen) atoms. The Morgan fingerprint density at radius 3 is 2.47 bits per heavy atom. The molecule has 1 fully saturated rings. The highest BCUT2D eigenvalue weighted by molar-refractivity contribution is 5.37. The summed E-state index contributed by atoms with van der Waals surface area (Å²) < 4.78 is 0. The van der Waals surface area contributed by atoms with Crippen molar-refractivity contribution in [1.82, 2.24) is 5.32 Å². The molecule has 2 nitrogen and oxygen atoms in total. The van der Waals surface area contributed by atoms with Crippen LogP contribution in [0.25, 0.3) is 0 Å². The van der Waals surface area contributed by atoms with Gasteiger partial charge >= 0.3 is 0 Å². The molecule has 0 amide bonds. The summed E-state index contributed by atoms with van der Waals surface area (Å²) in [7, 11) is 0. The lowest BCUT2D eigenvalue weighted by atomic mass is 9.84. The SMILES string of the molecule is Cc1ccc(C(C)N[C@@H](C)C2CCCCC2)c(O)c1. The number of nitrogens with one attached hydrogen (secondary N) is 1. The van der Waals surface area contributed by atoms with Crippen molar-refractivity contribution in [2.24, 2.45) is 5.92 Å². The summed E-state index contributed by atoms with van der Waals surface area (Å²) in [6, 6.07) is 6.68. The molecule has 0 heterocycles. The first kappa shape index (κ1) is 14.4. The third-order valence-electron chi connectivity index (χ3n) is 4.52. The van der Waals surface area contributed by atoms with Crippen LogP contribution in [0.1, 0.15) is 63.1 Å². The van der Waals surface area contributed by atoms with E-state index in [0.717, 1.165) is 17.0 Å². The summed E-state index contributed by atoms with van der Waals surface area (Å²) in [5.74, 6) is 1.21. The van der Waals surface area contributed by atoms with Crippen LogP contribution in [0.5, 0.6) is 5.75 Å². The maximum Gasteiger partial charge on any atom is 0.120 e. The Balaban J connectivity index is 1.97. The Kier molecular flexibility index (Phi) is 4.87. The monoisotopic (exact) mass is 261 g/mol. The molecule has 0 aromatic heterocycles. The Bertz CT molecular complexity index is 410. The van der Waals surface area contributed by atoms with Crippen molar-refractivity contribution in [1.29, 1.82) is 0 Å². The standard InChI is InChI=1S/C17H27NO/c1-12-9-10-16(17(19)11-12)14(3)18-13(2)15-7-5-4-6-8-15/h9-11,13-15,18-19H,4-8H2,1-3H3/t13-,14?/m0/s1. The van der Waals surface area contributed by atoms with Crippen LogP contribution in [0.2, 0.25) is 0 Å². The molecule has 2 heteroatoms. The van der Waals surface area contributed by atoms with E-state index in [1.165, 1.54) is 32.1 Å². The van der Waals surface area contributed by atoms with Crippen molar-refractivity contribution in [3.8, 4) is 5.75 Å². The van der Waals surface area contributed by atoms with E-state index in [9.17, 15) is 5.11 Å². The first-order valence-electron chi connectivity index (χ1n) is 7.63. The van der Waals surface area contributed by atoms with Crippen LogP contribution in [0.15, 0.2) is 18.2 Å². The summed E-state index contributed by atoms with van der Waals surface area (Å²) in [4.78, 5) is 0. The minimum absolute atomic E-state index is 0.206. The number of aromatic hydroxyl groups is 1. The molecule has 1 aromatic rings. The Labute approximate surface area is 117 Å². The van der Waals surface area contributed by atoms with Gasteiger partial charge in [-0.2, -0.15) is 0 Å². The summed E-state index contributed by atoms with van der Waals surface area (Å²) in [6.45, 7) is 6.44. The number of rotatable bonds is 4. The number of benzene rings is 1. The van der Waals surface area contributed by atoms with Gasteiger partial charge in [0.05, 0.1) is 0 Å². The third-order valence-corrected chi connectivity index (χ3v) is 4.52. The van der Waals surface area contributed by atoms with Gasteiger partial charge in [-0.3, -0.25) is 0 Å². The highest BCUT2D eigenvalue weighted by Gasteiger charge is 2.22. The van der Waals surface area contributed by atoms with Crippen LogP contribution in [0.3, 0.4) is 0 Å². The predicted molar refractivity (Wildman–Crippen MR) is 80.4 cm³/mol. The molecule has 0 bridgehead atoms. The van der Waals surface area contributed by atoms with Crippen molar-refractivity contribution >= 4 is 0 Å². The van der Waals surface area contributed by atoms with E-state index in [-0.39, 0.29) is 6.04 Å². The van der Waals surface area contributed by atoms with Gasteiger partial charge in [0.15, 0.2) is 0 Å². The summed E-state index contributed by atoms with van der Waals surface area (Å²) in [6.07, 6.45) is 6.85. The van der Waals surface area contributed by atoms with Gasteiger partial charge in [0, 0.05) is 17.6 Å². The Morgan fingerprint density at radius 2 is 1.84 bits per heavy atom. The smallest absolute Gasteiger partial charge is 0.120 e. The van der Waals surface area contributed by atoms with Crippen molar-refractivity contribution in [2.75, 3.05) is 0 Å². The lowest BCUT2D eigenvalue weighted by Crippen LogP contribution is -2.36. The van der Waals surface area contributed by atoms with E-state index >= 15 is 0 Å². The summed E-state index contributed by atoms with van der Waals surface area (Å²) in [5.41, 5.74) is 2.11. The van der Waals surface area contributed by atoms with Crippen LogP contribution < -0.4 is 5.32 Å². The molecule has 2 rings (SSSR count). The molecule has 1 aromatic carbocycles. The van der Waals surface area contributed by atoms with E-state index in [0.29, 0.717) is 11.8 Å². The second kappa shape index (κ2) is 6.42. The first-order chi connectivity index (χ1) is 9.08. The first-order valence-corrected chi connectivity index (χ1v) is 7.63. The zero-order chi connectivity index (χ0) is 13.8. The summed E-state index contributed by atoms with van der Waals surface area (Å²) >= 11 is 0. The van der Waals surface area contributed by atoms with Crippen LogP contribution >= 0.6 is 0 Å². The fourth-order valence-electron chi connectivity index (χ4n) is 3.27. The zero-order valence-corrected chi connectivity index (χ0v) is 12.4. The lowest BCUT2D eigenvalue weighted by molar-refractivity contribution is 0.267. The maximum atomic E-state index is 10.0. The van der Waals surface area contributed by atoms with Gasteiger partial charge in [-0.15, -0.1) is 0 Å². The largest absolute Gasteiger partial charge is 0.508 e. The zero-order valence-electron chi connectivity index (χ0n) is 12.4. The minimum atomic E-state index is 0.206. The molecule has 2 atom stereocenters. The molecule has 0 radical (unpaired) electrons. The van der Waals surface area contributed by atoms with E-state index in [1.807, 2.05) is 19.1 Å². The molecule has 2 N–H and O–H groups in total. The van der Waals surface area contributed by atoms with Crippen LogP contribution in [0.4, 0.5) is 0 Å². The van der Waals surface area contributed by atoms with Gasteiger partial charge in [-0.05, 0) is 51.2 Å². The minimum Gasteiger partial charge on any atom is -0.508 e. The topological polar surface area (TPSA) is 32.3 Å². The van der Waals surface area contributed by atoms with Gasteiger partial charge in [-0.25, -0.2) is 0 Å². The molecule has 1 aliphatic rings. The molecule has 0 aliphatic heterocycles. The fourth-order valence-corrected chi connectivity index (χ4v) is 3.27. The second-order valence-electron chi connectivity index (χ2n) is 6.14. The molecular weight excluding hydrogens is 234 g/mol. The van der Waals surface area contributed by atoms with Crippen molar-refractivity contribution in [2.45, 2.75) is 65.0 Å². The third kappa shape index (κ3) is 3.73. The molecular formula is C17H27NO. The molecule has 0 saturated heterocycles. The normalized spacial score (nSPS) is 20.2. The Morgan fingerprint density at radius 1 is 1.16 bits per heavy atom. The average Bonchev–Trinajstić information content (AvgIpc) is 2.39. The van der Waals surface area contributed by atoms with E-state index in [1.54, 1.807) is 0 Å². The quantitative estimate of drug-likeness (QED) is 0.846.